The number of aliphatic hydroxyl groups is 3. The van der Waals surface area contributed by atoms with Crippen LogP contribution in [0.4, 0.5) is 5.82 Å². The lowest BCUT2D eigenvalue weighted by molar-refractivity contribution is -0.0642. The van der Waals surface area contributed by atoms with Gasteiger partial charge in [-0.1, -0.05) is 0 Å². The summed E-state index contributed by atoms with van der Waals surface area (Å²) in [4.78, 5) is 37.2. The number of aromatic amines is 1. The lowest BCUT2D eigenvalue weighted by atomic mass is 10.1. The standard InChI is InChI=1S/C10H16N5O8P/c11-1-4-13-5(8(12)14-4)9(19)15(24(20,21)22)10-7(18)6(17)3(2-16)23-10/h1,3,6-7,10-11,16-18H,2,12H2,(H,13,14)(H2,20,21,22)/t3-,6-,7-,10?/m1/s1. The first-order valence-electron chi connectivity index (χ1n) is 6.49. The fourth-order valence-corrected chi connectivity index (χ4v) is 3.04. The van der Waals surface area contributed by atoms with Crippen molar-refractivity contribution in [3.8, 4) is 0 Å². The summed E-state index contributed by atoms with van der Waals surface area (Å²) in [5, 5.41) is 35.6. The molecule has 1 aliphatic rings. The van der Waals surface area contributed by atoms with Crippen molar-refractivity contribution in [2.24, 2.45) is 0 Å². The van der Waals surface area contributed by atoms with Gasteiger partial charge in [-0.05, 0) is 0 Å². The molecule has 0 bridgehead atoms. The van der Waals surface area contributed by atoms with E-state index < -0.39 is 56.3 Å². The lowest BCUT2D eigenvalue weighted by Gasteiger charge is -2.30. The number of hydrogen-bond acceptors (Lipinski definition) is 9. The minimum Gasteiger partial charge on any atom is -0.394 e. The first-order valence-corrected chi connectivity index (χ1v) is 8.06. The van der Waals surface area contributed by atoms with E-state index in [0.717, 1.165) is 6.21 Å². The number of H-pyrrole nitrogens is 1. The van der Waals surface area contributed by atoms with Gasteiger partial charge in [0.05, 0.1) is 12.8 Å². The van der Waals surface area contributed by atoms with Crippen molar-refractivity contribution in [1.29, 1.82) is 5.41 Å². The molecule has 0 spiro atoms. The number of imidazole rings is 1. The average Bonchev–Trinajstić information content (AvgIpc) is 3.00. The molecule has 24 heavy (non-hydrogen) atoms. The number of nitrogens with zero attached hydrogens (tertiary/aromatic N) is 2. The number of amides is 1. The second kappa shape index (κ2) is 6.57. The molecule has 0 saturated carbocycles. The Morgan fingerprint density at radius 1 is 1.46 bits per heavy atom. The predicted octanol–water partition coefficient (Wildman–Crippen LogP) is -3.04. The molecular weight excluding hydrogens is 349 g/mol. The van der Waals surface area contributed by atoms with Gasteiger partial charge in [0.1, 0.15) is 24.0 Å². The molecule has 13 nitrogen and oxygen atoms in total. The number of carbonyl (C=O) groups is 1. The van der Waals surface area contributed by atoms with Crippen molar-refractivity contribution < 1.29 is 39.2 Å². The van der Waals surface area contributed by atoms with Crippen molar-refractivity contribution in [1.82, 2.24) is 14.6 Å². The van der Waals surface area contributed by atoms with Crippen LogP contribution in [0.15, 0.2) is 0 Å². The van der Waals surface area contributed by atoms with E-state index in [0.29, 0.717) is 0 Å². The van der Waals surface area contributed by atoms with Gasteiger partial charge in [0.15, 0.2) is 17.9 Å². The number of rotatable bonds is 5. The summed E-state index contributed by atoms with van der Waals surface area (Å²) in [6.07, 6.45) is -6.11. The number of nitrogens with two attached hydrogens (primary N) is 1. The molecule has 1 aromatic heterocycles. The van der Waals surface area contributed by atoms with Crippen LogP contribution in [0.1, 0.15) is 16.3 Å². The van der Waals surface area contributed by atoms with Crippen molar-refractivity contribution in [3.63, 3.8) is 0 Å². The third-order valence-corrected chi connectivity index (χ3v) is 4.32. The van der Waals surface area contributed by atoms with Gasteiger partial charge in [0.2, 0.25) is 0 Å². The van der Waals surface area contributed by atoms with Gasteiger partial charge >= 0.3 is 7.75 Å². The van der Waals surface area contributed by atoms with E-state index in [1.165, 1.54) is 0 Å². The van der Waals surface area contributed by atoms with Crippen LogP contribution in [0, 0.1) is 5.41 Å². The predicted molar refractivity (Wildman–Crippen MR) is 76.9 cm³/mol. The molecular formula is C10H16N5O8P. The van der Waals surface area contributed by atoms with Crippen LogP contribution in [0.2, 0.25) is 0 Å². The third kappa shape index (κ3) is 3.18. The molecule has 0 aliphatic carbocycles. The maximum Gasteiger partial charge on any atom is 0.434 e. The number of ether oxygens (including phenoxy) is 1. The SMILES string of the molecule is N=Cc1nc(N)c(C(=O)N(C2O[C@H](CO)[C@@H](O)[C@H]2O)P(=O)(O)O)[nH]1. The summed E-state index contributed by atoms with van der Waals surface area (Å²) in [6.45, 7) is -0.748. The number of carbonyl (C=O) groups excluding carboxylic acids is 1. The van der Waals surface area contributed by atoms with E-state index in [-0.39, 0.29) is 10.5 Å². The molecule has 1 saturated heterocycles. The molecule has 2 rings (SSSR count). The average molecular weight is 365 g/mol. The fourth-order valence-electron chi connectivity index (χ4n) is 2.22. The monoisotopic (exact) mass is 365 g/mol. The molecule has 4 atom stereocenters. The molecule has 9 N–H and O–H groups in total. The Morgan fingerprint density at radius 3 is 2.50 bits per heavy atom. The summed E-state index contributed by atoms with van der Waals surface area (Å²) < 4.78 is 16.6. The molecule has 2 heterocycles. The number of aliphatic hydroxyl groups excluding tert-OH is 3. The maximum atomic E-state index is 12.4. The van der Waals surface area contributed by atoms with E-state index in [1.807, 2.05) is 0 Å². The fraction of sp³-hybridized carbons (Fsp3) is 0.500. The smallest absolute Gasteiger partial charge is 0.394 e. The molecule has 14 heteroatoms. The number of nitrogens with one attached hydrogen (secondary N) is 2. The van der Waals surface area contributed by atoms with Crippen LogP contribution in [-0.4, -0.2) is 83.0 Å². The van der Waals surface area contributed by atoms with Crippen molar-refractivity contribution in [2.75, 3.05) is 12.3 Å². The number of hydrogen-bond donors (Lipinski definition) is 8. The Kier molecular flexibility index (Phi) is 5.05. The van der Waals surface area contributed by atoms with E-state index in [4.69, 9.17) is 21.0 Å². The number of aromatic nitrogens is 2. The zero-order valence-electron chi connectivity index (χ0n) is 12.0. The van der Waals surface area contributed by atoms with Gasteiger partial charge < -0.3 is 46.0 Å². The van der Waals surface area contributed by atoms with Gasteiger partial charge in [-0.25, -0.2) is 14.2 Å². The zero-order chi connectivity index (χ0) is 18.2. The normalized spacial score (nSPS) is 27.2. The summed E-state index contributed by atoms with van der Waals surface area (Å²) >= 11 is 0. The summed E-state index contributed by atoms with van der Waals surface area (Å²) in [6, 6.07) is 0. The van der Waals surface area contributed by atoms with Gasteiger partial charge in [-0.3, -0.25) is 4.79 Å². The van der Waals surface area contributed by atoms with Crippen molar-refractivity contribution in [2.45, 2.75) is 24.5 Å². The Bertz CT molecular complexity index is 689. The van der Waals surface area contributed by atoms with Gasteiger partial charge in [0, 0.05) is 0 Å². The molecule has 1 aliphatic heterocycles. The summed E-state index contributed by atoms with van der Waals surface area (Å²) in [5.41, 5.74) is 4.94. The minimum atomic E-state index is -5.32. The lowest BCUT2D eigenvalue weighted by Crippen LogP contribution is -2.45. The Hall–Kier alpha value is -1.86. The summed E-state index contributed by atoms with van der Waals surface area (Å²) in [7, 11) is -5.32. The molecule has 1 amide bonds. The highest BCUT2D eigenvalue weighted by atomic mass is 31.2. The van der Waals surface area contributed by atoms with Crippen molar-refractivity contribution >= 4 is 25.7 Å². The molecule has 0 aromatic carbocycles. The van der Waals surface area contributed by atoms with Crippen LogP contribution in [0.5, 0.6) is 0 Å². The first-order chi connectivity index (χ1) is 11.1. The van der Waals surface area contributed by atoms with E-state index in [2.05, 4.69) is 9.97 Å². The Balaban J connectivity index is 2.43. The van der Waals surface area contributed by atoms with Gasteiger partial charge in [-0.15, -0.1) is 0 Å². The van der Waals surface area contributed by atoms with Crippen LogP contribution in [0.25, 0.3) is 0 Å². The highest BCUT2D eigenvalue weighted by Crippen LogP contribution is 2.46. The largest absolute Gasteiger partial charge is 0.434 e. The molecule has 1 unspecified atom stereocenters. The van der Waals surface area contributed by atoms with Crippen LogP contribution >= 0.6 is 7.75 Å². The van der Waals surface area contributed by atoms with E-state index in [1.54, 1.807) is 0 Å². The van der Waals surface area contributed by atoms with Crippen LogP contribution in [-0.2, 0) is 9.30 Å². The Morgan fingerprint density at radius 2 is 2.08 bits per heavy atom. The Labute approximate surface area is 134 Å². The summed E-state index contributed by atoms with van der Waals surface area (Å²) in [5.74, 6) is -1.93. The highest BCUT2D eigenvalue weighted by Gasteiger charge is 2.52. The first kappa shape index (κ1) is 18.5. The van der Waals surface area contributed by atoms with Crippen LogP contribution < -0.4 is 5.73 Å². The second-order valence-electron chi connectivity index (χ2n) is 4.92. The highest BCUT2D eigenvalue weighted by molar-refractivity contribution is 7.50. The number of nitrogen functional groups attached to an aromatic ring is 1. The van der Waals surface area contributed by atoms with Crippen LogP contribution in [0.3, 0.4) is 0 Å². The second-order valence-corrected chi connectivity index (χ2v) is 6.38. The maximum absolute atomic E-state index is 12.4. The molecule has 134 valence electrons. The molecule has 1 aromatic rings. The quantitative estimate of drug-likeness (QED) is 0.194. The third-order valence-electron chi connectivity index (χ3n) is 3.35. The van der Waals surface area contributed by atoms with Gasteiger partial charge in [-0.2, -0.15) is 0 Å². The van der Waals surface area contributed by atoms with E-state index >= 15 is 0 Å². The van der Waals surface area contributed by atoms with Crippen molar-refractivity contribution in [3.05, 3.63) is 11.5 Å². The minimum absolute atomic E-state index is 0.103. The number of anilines is 1. The van der Waals surface area contributed by atoms with E-state index in [9.17, 15) is 29.4 Å². The molecule has 0 radical (unpaired) electrons. The topological polar surface area (TPSA) is 226 Å². The molecule has 1 fully saturated rings. The zero-order valence-corrected chi connectivity index (χ0v) is 12.9. The van der Waals surface area contributed by atoms with Gasteiger partial charge in [0.25, 0.3) is 5.91 Å².